The summed E-state index contributed by atoms with van der Waals surface area (Å²) in [6.07, 6.45) is 1.54. The Morgan fingerprint density at radius 1 is 1.33 bits per heavy atom. The smallest absolute Gasteiger partial charge is 0.338 e. The van der Waals surface area contributed by atoms with Crippen molar-refractivity contribution in [2.45, 2.75) is 26.9 Å². The van der Waals surface area contributed by atoms with Crippen molar-refractivity contribution in [1.29, 1.82) is 0 Å². The van der Waals surface area contributed by atoms with Crippen LogP contribution in [0, 0.1) is 6.92 Å². The average Bonchev–Trinajstić information content (AvgIpc) is 2.43. The molecule has 0 fully saturated rings. The second-order valence-electron chi connectivity index (χ2n) is 5.05. The van der Waals surface area contributed by atoms with Crippen LogP contribution in [0.1, 0.15) is 29.8 Å². The summed E-state index contributed by atoms with van der Waals surface area (Å²) in [6.45, 7) is 5.55. The van der Waals surface area contributed by atoms with Crippen LogP contribution in [-0.2, 0) is 4.74 Å². The number of ether oxygens (including phenoxy) is 1. The Kier molecular flexibility index (Phi) is 4.42. The molecule has 0 atom stereocenters. The third kappa shape index (κ3) is 3.72. The Morgan fingerprint density at radius 2 is 2.10 bits per heavy atom. The SMILES string of the molecule is Cc1ccnc(Nc2cccc(C(=O)OC(C)C)c2)c1N. The number of hydrogen-bond acceptors (Lipinski definition) is 5. The lowest BCUT2D eigenvalue weighted by atomic mass is 10.2. The number of pyridine rings is 1. The van der Waals surface area contributed by atoms with Gasteiger partial charge >= 0.3 is 5.97 Å². The Balaban J connectivity index is 2.22. The van der Waals surface area contributed by atoms with E-state index in [-0.39, 0.29) is 12.1 Å². The summed E-state index contributed by atoms with van der Waals surface area (Å²) in [5.41, 5.74) is 8.74. The van der Waals surface area contributed by atoms with Gasteiger partial charge in [0.1, 0.15) is 0 Å². The number of nitrogens with two attached hydrogens (primary N) is 1. The fraction of sp³-hybridized carbons (Fsp3) is 0.250. The summed E-state index contributed by atoms with van der Waals surface area (Å²) < 4.78 is 5.18. The molecule has 0 aliphatic carbocycles. The van der Waals surface area contributed by atoms with E-state index in [0.717, 1.165) is 11.3 Å². The second kappa shape index (κ2) is 6.26. The molecule has 0 radical (unpaired) electrons. The fourth-order valence-corrected chi connectivity index (χ4v) is 1.81. The van der Waals surface area contributed by atoms with Crippen LogP contribution in [0.15, 0.2) is 36.5 Å². The minimum atomic E-state index is -0.348. The molecule has 0 bridgehead atoms. The lowest BCUT2D eigenvalue weighted by Gasteiger charge is -2.12. The van der Waals surface area contributed by atoms with E-state index in [1.54, 1.807) is 24.4 Å². The van der Waals surface area contributed by atoms with E-state index < -0.39 is 0 Å². The monoisotopic (exact) mass is 285 g/mol. The number of nitrogens with one attached hydrogen (secondary N) is 1. The van der Waals surface area contributed by atoms with Crippen LogP contribution in [0.2, 0.25) is 0 Å². The van der Waals surface area contributed by atoms with Crippen LogP contribution in [0.3, 0.4) is 0 Å². The summed E-state index contributed by atoms with van der Waals surface area (Å²) in [5.74, 6) is 0.225. The highest BCUT2D eigenvalue weighted by atomic mass is 16.5. The van der Waals surface area contributed by atoms with Gasteiger partial charge < -0.3 is 15.8 Å². The first-order chi connectivity index (χ1) is 9.97. The quantitative estimate of drug-likeness (QED) is 0.843. The molecule has 0 aliphatic heterocycles. The van der Waals surface area contributed by atoms with Gasteiger partial charge in [-0.15, -0.1) is 0 Å². The molecule has 1 heterocycles. The number of anilines is 3. The maximum absolute atomic E-state index is 11.9. The van der Waals surface area contributed by atoms with Gasteiger partial charge in [0.25, 0.3) is 0 Å². The Hall–Kier alpha value is -2.56. The molecule has 5 nitrogen and oxygen atoms in total. The Labute approximate surface area is 124 Å². The van der Waals surface area contributed by atoms with Crippen molar-refractivity contribution >= 4 is 23.2 Å². The molecule has 0 saturated carbocycles. The fourth-order valence-electron chi connectivity index (χ4n) is 1.81. The number of aryl methyl sites for hydroxylation is 1. The number of rotatable bonds is 4. The molecule has 1 aromatic carbocycles. The molecule has 2 aromatic rings. The second-order valence-corrected chi connectivity index (χ2v) is 5.05. The van der Waals surface area contributed by atoms with Gasteiger partial charge in [0.15, 0.2) is 5.82 Å². The van der Waals surface area contributed by atoms with Gasteiger partial charge in [0.05, 0.1) is 17.4 Å². The van der Waals surface area contributed by atoms with Crippen LogP contribution in [0.5, 0.6) is 0 Å². The van der Waals surface area contributed by atoms with Crippen LogP contribution < -0.4 is 11.1 Å². The molecule has 0 spiro atoms. The van der Waals surface area contributed by atoms with Crippen molar-refractivity contribution in [2.24, 2.45) is 0 Å². The van der Waals surface area contributed by atoms with Gasteiger partial charge in [0.2, 0.25) is 0 Å². The normalized spacial score (nSPS) is 10.5. The van der Waals surface area contributed by atoms with Crippen molar-refractivity contribution < 1.29 is 9.53 Å². The molecule has 3 N–H and O–H groups in total. The number of carbonyl (C=O) groups excluding carboxylic acids is 1. The molecule has 1 aromatic heterocycles. The number of nitrogens with zero attached hydrogens (tertiary/aromatic N) is 1. The highest BCUT2D eigenvalue weighted by molar-refractivity contribution is 5.91. The molecule has 21 heavy (non-hydrogen) atoms. The molecule has 0 aliphatic rings. The summed E-state index contributed by atoms with van der Waals surface area (Å²) in [4.78, 5) is 16.1. The lowest BCUT2D eigenvalue weighted by molar-refractivity contribution is 0.0378. The number of carbonyl (C=O) groups is 1. The zero-order chi connectivity index (χ0) is 15.4. The van der Waals surface area contributed by atoms with E-state index in [4.69, 9.17) is 10.5 Å². The number of esters is 1. The van der Waals surface area contributed by atoms with Crippen LogP contribution >= 0.6 is 0 Å². The summed E-state index contributed by atoms with van der Waals surface area (Å²) in [5, 5.41) is 3.12. The van der Waals surface area contributed by atoms with Gasteiger partial charge in [-0.05, 0) is 50.6 Å². The van der Waals surface area contributed by atoms with Crippen molar-refractivity contribution in [3.63, 3.8) is 0 Å². The first-order valence-electron chi connectivity index (χ1n) is 6.76. The first-order valence-corrected chi connectivity index (χ1v) is 6.76. The number of aromatic nitrogens is 1. The largest absolute Gasteiger partial charge is 0.459 e. The lowest BCUT2D eigenvalue weighted by Crippen LogP contribution is -2.11. The van der Waals surface area contributed by atoms with Gasteiger partial charge in [-0.3, -0.25) is 0 Å². The molecule has 0 saturated heterocycles. The van der Waals surface area contributed by atoms with E-state index in [2.05, 4.69) is 10.3 Å². The average molecular weight is 285 g/mol. The molecular weight excluding hydrogens is 266 g/mol. The predicted octanol–water partition coefficient (Wildman–Crippen LogP) is 3.28. The third-order valence-corrected chi connectivity index (χ3v) is 2.91. The van der Waals surface area contributed by atoms with Gasteiger partial charge in [-0.1, -0.05) is 6.07 Å². The van der Waals surface area contributed by atoms with Gasteiger partial charge in [-0.2, -0.15) is 0 Å². The third-order valence-electron chi connectivity index (χ3n) is 2.91. The predicted molar refractivity (Wildman–Crippen MR) is 83.7 cm³/mol. The topological polar surface area (TPSA) is 77.2 Å². The zero-order valence-corrected chi connectivity index (χ0v) is 12.4. The maximum atomic E-state index is 11.9. The minimum absolute atomic E-state index is 0.150. The number of benzene rings is 1. The molecular formula is C16H19N3O2. The number of hydrogen-bond donors (Lipinski definition) is 2. The van der Waals surface area contributed by atoms with Crippen LogP contribution in [0.4, 0.5) is 17.2 Å². The molecule has 0 amide bonds. The molecule has 110 valence electrons. The zero-order valence-electron chi connectivity index (χ0n) is 12.4. The van der Waals surface area contributed by atoms with Crippen molar-refractivity contribution in [2.75, 3.05) is 11.1 Å². The number of nitrogen functional groups attached to an aromatic ring is 1. The Bertz CT molecular complexity index is 654. The molecule has 5 heteroatoms. The Morgan fingerprint density at radius 3 is 2.81 bits per heavy atom. The van der Waals surface area contributed by atoms with E-state index >= 15 is 0 Å². The van der Waals surface area contributed by atoms with Crippen molar-refractivity contribution in [1.82, 2.24) is 4.98 Å². The van der Waals surface area contributed by atoms with Crippen molar-refractivity contribution in [3.05, 3.63) is 47.7 Å². The summed E-state index contributed by atoms with van der Waals surface area (Å²) in [6, 6.07) is 8.90. The van der Waals surface area contributed by atoms with Crippen LogP contribution in [0.25, 0.3) is 0 Å². The standard InChI is InChI=1S/C16H19N3O2/c1-10(2)21-16(20)12-5-4-6-13(9-12)19-15-14(17)11(3)7-8-18-15/h4-10H,17H2,1-3H3,(H,18,19). The minimum Gasteiger partial charge on any atom is -0.459 e. The molecule has 2 rings (SSSR count). The highest BCUT2D eigenvalue weighted by Crippen LogP contribution is 2.23. The first kappa shape index (κ1) is 14.8. The van der Waals surface area contributed by atoms with E-state index in [0.29, 0.717) is 17.1 Å². The van der Waals surface area contributed by atoms with Crippen molar-refractivity contribution in [3.8, 4) is 0 Å². The molecule has 0 unspecified atom stereocenters. The van der Waals surface area contributed by atoms with Gasteiger partial charge in [0, 0.05) is 11.9 Å². The van der Waals surface area contributed by atoms with E-state index in [9.17, 15) is 4.79 Å². The van der Waals surface area contributed by atoms with Gasteiger partial charge in [-0.25, -0.2) is 9.78 Å². The summed E-state index contributed by atoms with van der Waals surface area (Å²) >= 11 is 0. The maximum Gasteiger partial charge on any atom is 0.338 e. The van der Waals surface area contributed by atoms with E-state index in [1.165, 1.54) is 0 Å². The van der Waals surface area contributed by atoms with E-state index in [1.807, 2.05) is 32.9 Å². The summed E-state index contributed by atoms with van der Waals surface area (Å²) in [7, 11) is 0. The highest BCUT2D eigenvalue weighted by Gasteiger charge is 2.10. The van der Waals surface area contributed by atoms with Crippen LogP contribution in [-0.4, -0.2) is 17.1 Å².